The molecule has 0 aliphatic carbocycles. The van der Waals surface area contributed by atoms with Crippen molar-refractivity contribution in [3.63, 3.8) is 0 Å². The highest BCUT2D eigenvalue weighted by Gasteiger charge is 2.38. The quantitative estimate of drug-likeness (QED) is 0.863. The van der Waals surface area contributed by atoms with Crippen LogP contribution in [-0.4, -0.2) is 35.2 Å². The molecule has 2 N–H and O–H groups in total. The van der Waals surface area contributed by atoms with Gasteiger partial charge in [0.25, 0.3) is 5.56 Å². The van der Waals surface area contributed by atoms with Gasteiger partial charge in [-0.2, -0.15) is 4.31 Å². The zero-order chi connectivity index (χ0) is 16.1. The molecular formula is C13H15N3O4S2. The molecule has 0 radical (unpaired) electrons. The van der Waals surface area contributed by atoms with Crippen LogP contribution in [0.25, 0.3) is 10.1 Å². The molecule has 1 aromatic carbocycles. The number of primary amides is 1. The lowest BCUT2D eigenvalue weighted by molar-refractivity contribution is -0.121. The van der Waals surface area contributed by atoms with Crippen LogP contribution in [0.1, 0.15) is 12.8 Å². The molecule has 1 atom stereocenters. The fraction of sp³-hybridized carbons (Fsp3) is 0.385. The van der Waals surface area contributed by atoms with Gasteiger partial charge in [-0.15, -0.1) is 0 Å². The third kappa shape index (κ3) is 2.25. The molecule has 22 heavy (non-hydrogen) atoms. The normalized spacial score (nSPS) is 19.8. The van der Waals surface area contributed by atoms with Crippen LogP contribution in [0.2, 0.25) is 0 Å². The van der Waals surface area contributed by atoms with Crippen molar-refractivity contribution in [2.24, 2.45) is 12.8 Å². The predicted octanol–water partition coefficient (Wildman–Crippen LogP) is 0.238. The molecule has 0 unspecified atom stereocenters. The maximum atomic E-state index is 12.7. The number of fused-ring (bicyclic) bond motifs is 1. The Hall–Kier alpha value is -1.71. The number of benzene rings is 1. The van der Waals surface area contributed by atoms with Gasteiger partial charge in [-0.25, -0.2) is 8.42 Å². The fourth-order valence-corrected chi connectivity index (χ4v) is 5.26. The number of sulfonamides is 1. The third-order valence-electron chi connectivity index (χ3n) is 3.84. The zero-order valence-electron chi connectivity index (χ0n) is 11.9. The van der Waals surface area contributed by atoms with Crippen molar-refractivity contribution >= 4 is 37.5 Å². The summed E-state index contributed by atoms with van der Waals surface area (Å²) in [5, 5.41) is 0.364. The number of nitrogens with two attached hydrogens (primary N) is 1. The van der Waals surface area contributed by atoms with Crippen LogP contribution < -0.4 is 11.3 Å². The van der Waals surface area contributed by atoms with Crippen molar-refractivity contribution in [1.29, 1.82) is 0 Å². The number of carbonyl (C=O) groups excluding carboxylic acids is 1. The van der Waals surface area contributed by atoms with Crippen molar-refractivity contribution in [3.05, 3.63) is 28.6 Å². The lowest BCUT2D eigenvalue weighted by Gasteiger charge is -2.21. The van der Waals surface area contributed by atoms with E-state index in [4.69, 9.17) is 5.73 Å². The van der Waals surface area contributed by atoms with Gasteiger partial charge >= 0.3 is 0 Å². The summed E-state index contributed by atoms with van der Waals surface area (Å²) in [4.78, 5) is 23.4. The van der Waals surface area contributed by atoms with Crippen molar-refractivity contribution < 1.29 is 13.2 Å². The second-order valence-corrected chi connectivity index (χ2v) is 8.29. The maximum absolute atomic E-state index is 12.7. The van der Waals surface area contributed by atoms with Gasteiger partial charge in [0.2, 0.25) is 15.9 Å². The van der Waals surface area contributed by atoms with Gasteiger partial charge < -0.3 is 5.73 Å². The number of hydrogen-bond acceptors (Lipinski definition) is 5. The summed E-state index contributed by atoms with van der Waals surface area (Å²) in [5.41, 5.74) is 5.05. The van der Waals surface area contributed by atoms with Crippen molar-refractivity contribution in [1.82, 2.24) is 8.26 Å². The van der Waals surface area contributed by atoms with E-state index < -0.39 is 22.0 Å². The van der Waals surface area contributed by atoms with Crippen LogP contribution in [0.3, 0.4) is 0 Å². The van der Waals surface area contributed by atoms with Gasteiger partial charge in [-0.3, -0.25) is 13.5 Å². The lowest BCUT2D eigenvalue weighted by Crippen LogP contribution is -2.43. The average Bonchev–Trinajstić information content (AvgIpc) is 3.05. The first-order valence-corrected chi connectivity index (χ1v) is 8.95. The van der Waals surface area contributed by atoms with E-state index in [-0.39, 0.29) is 17.0 Å². The standard InChI is InChI=1S/C13H15N3O4S2/c1-15-13(18)9-7-8(4-5-11(9)21-15)22(19,20)16-6-2-3-10(16)12(14)17/h4-5,7,10H,2-3,6H2,1H3,(H2,14,17)/t10-/m0/s1. The number of hydrogen-bond donors (Lipinski definition) is 1. The minimum absolute atomic E-state index is 0.0173. The van der Waals surface area contributed by atoms with E-state index in [1.165, 1.54) is 27.6 Å². The van der Waals surface area contributed by atoms with Crippen LogP contribution in [0.5, 0.6) is 0 Å². The highest BCUT2D eigenvalue weighted by molar-refractivity contribution is 7.89. The second kappa shape index (κ2) is 5.18. The minimum Gasteiger partial charge on any atom is -0.368 e. The van der Waals surface area contributed by atoms with Crippen molar-refractivity contribution in [2.45, 2.75) is 23.8 Å². The number of nitrogens with zero attached hydrogens (tertiary/aromatic N) is 2. The fourth-order valence-electron chi connectivity index (χ4n) is 2.72. The first-order valence-electron chi connectivity index (χ1n) is 6.73. The number of rotatable bonds is 3. The zero-order valence-corrected chi connectivity index (χ0v) is 13.5. The Morgan fingerprint density at radius 1 is 1.41 bits per heavy atom. The van der Waals surface area contributed by atoms with E-state index >= 15 is 0 Å². The van der Waals surface area contributed by atoms with Crippen LogP contribution in [0.15, 0.2) is 27.9 Å². The number of carbonyl (C=O) groups is 1. The van der Waals surface area contributed by atoms with Gasteiger partial charge in [-0.05, 0) is 31.0 Å². The molecule has 2 heterocycles. The molecule has 7 nitrogen and oxygen atoms in total. The van der Waals surface area contributed by atoms with Crippen LogP contribution in [0, 0.1) is 0 Å². The first kappa shape index (κ1) is 15.2. The summed E-state index contributed by atoms with van der Waals surface area (Å²) in [7, 11) is -2.21. The summed E-state index contributed by atoms with van der Waals surface area (Å²) in [6, 6.07) is 3.64. The van der Waals surface area contributed by atoms with E-state index in [0.717, 1.165) is 9.01 Å². The number of amides is 1. The summed E-state index contributed by atoms with van der Waals surface area (Å²) < 4.78 is 28.7. The van der Waals surface area contributed by atoms with Crippen molar-refractivity contribution in [2.75, 3.05) is 6.54 Å². The van der Waals surface area contributed by atoms with E-state index in [1.54, 1.807) is 13.1 Å². The van der Waals surface area contributed by atoms with Crippen molar-refractivity contribution in [3.8, 4) is 0 Å². The van der Waals surface area contributed by atoms with Crippen LogP contribution in [-0.2, 0) is 21.9 Å². The average molecular weight is 341 g/mol. The maximum Gasteiger partial charge on any atom is 0.268 e. The molecule has 0 spiro atoms. The van der Waals surface area contributed by atoms with Crippen LogP contribution >= 0.6 is 11.5 Å². The first-order chi connectivity index (χ1) is 10.3. The van der Waals surface area contributed by atoms with Gasteiger partial charge in [0.1, 0.15) is 6.04 Å². The largest absolute Gasteiger partial charge is 0.368 e. The lowest BCUT2D eigenvalue weighted by atomic mass is 10.2. The SMILES string of the molecule is Cn1sc2ccc(S(=O)(=O)N3CCC[C@H]3C(N)=O)cc2c1=O. The smallest absolute Gasteiger partial charge is 0.268 e. The molecule has 1 aromatic heterocycles. The Kier molecular flexibility index (Phi) is 3.58. The molecule has 2 aromatic rings. The van der Waals surface area contributed by atoms with Gasteiger partial charge in [0.15, 0.2) is 0 Å². The predicted molar refractivity (Wildman–Crippen MR) is 83.2 cm³/mol. The minimum atomic E-state index is -3.84. The Morgan fingerprint density at radius 3 is 2.82 bits per heavy atom. The highest BCUT2D eigenvalue weighted by atomic mass is 32.2. The Morgan fingerprint density at radius 2 is 2.14 bits per heavy atom. The highest BCUT2D eigenvalue weighted by Crippen LogP contribution is 2.28. The Balaban J connectivity index is 2.11. The van der Waals surface area contributed by atoms with E-state index in [1.807, 2.05) is 0 Å². The molecule has 1 aliphatic heterocycles. The summed E-state index contributed by atoms with van der Waals surface area (Å²) in [6.45, 7) is 0.260. The number of aryl methyl sites for hydroxylation is 1. The molecule has 1 fully saturated rings. The molecular weight excluding hydrogens is 326 g/mol. The third-order valence-corrected chi connectivity index (χ3v) is 6.74. The molecule has 1 aliphatic rings. The molecule has 9 heteroatoms. The van der Waals surface area contributed by atoms with Gasteiger partial charge in [-0.1, -0.05) is 11.5 Å². The molecule has 1 amide bonds. The Labute approximate surface area is 131 Å². The van der Waals surface area contributed by atoms with E-state index in [0.29, 0.717) is 18.2 Å². The van der Waals surface area contributed by atoms with E-state index in [9.17, 15) is 18.0 Å². The number of aromatic nitrogens is 1. The monoisotopic (exact) mass is 341 g/mol. The van der Waals surface area contributed by atoms with Gasteiger partial charge in [0.05, 0.1) is 15.0 Å². The van der Waals surface area contributed by atoms with E-state index in [2.05, 4.69) is 0 Å². The topological polar surface area (TPSA) is 102 Å². The second-order valence-electron chi connectivity index (χ2n) is 5.23. The molecule has 0 bridgehead atoms. The summed E-state index contributed by atoms with van der Waals surface area (Å²) in [5.74, 6) is -0.645. The Bertz CT molecular complexity index is 913. The molecule has 0 saturated carbocycles. The summed E-state index contributed by atoms with van der Waals surface area (Å²) in [6.07, 6.45) is 1.02. The summed E-state index contributed by atoms with van der Waals surface area (Å²) >= 11 is 1.26. The molecule has 1 saturated heterocycles. The van der Waals surface area contributed by atoms with Gasteiger partial charge in [0, 0.05) is 13.6 Å². The molecule has 118 valence electrons. The van der Waals surface area contributed by atoms with Crippen LogP contribution in [0.4, 0.5) is 0 Å². The molecule has 3 rings (SSSR count).